The Morgan fingerprint density at radius 1 is 0.963 bits per heavy atom. The van der Waals surface area contributed by atoms with E-state index in [2.05, 4.69) is 27.1 Å². The van der Waals surface area contributed by atoms with E-state index in [4.69, 9.17) is 4.74 Å². The van der Waals surface area contributed by atoms with Crippen LogP contribution in [0.5, 0.6) is 5.88 Å². The summed E-state index contributed by atoms with van der Waals surface area (Å²) in [4.78, 5) is 0.186. The molecule has 0 bridgehead atoms. The Balaban J connectivity index is 1.52. The first-order chi connectivity index (χ1) is 13.0. The van der Waals surface area contributed by atoms with E-state index in [0.717, 1.165) is 18.4 Å². The molecule has 0 aliphatic carbocycles. The smallest absolute Gasteiger partial charge is 0.263 e. The molecule has 0 atom stereocenters. The van der Waals surface area contributed by atoms with Gasteiger partial charge in [0.2, 0.25) is 5.88 Å². The molecule has 3 rings (SSSR count). The van der Waals surface area contributed by atoms with Crippen molar-refractivity contribution in [1.29, 1.82) is 0 Å². The van der Waals surface area contributed by atoms with Gasteiger partial charge >= 0.3 is 0 Å². The van der Waals surface area contributed by atoms with Gasteiger partial charge in [-0.25, -0.2) is 8.42 Å². The number of nitrogens with zero attached hydrogens (tertiary/aromatic N) is 2. The van der Waals surface area contributed by atoms with Gasteiger partial charge in [0, 0.05) is 6.07 Å². The summed E-state index contributed by atoms with van der Waals surface area (Å²) in [6, 6.07) is 20.0. The molecule has 0 fully saturated rings. The molecule has 0 radical (unpaired) electrons. The van der Waals surface area contributed by atoms with Crippen molar-refractivity contribution in [3.05, 3.63) is 77.9 Å². The zero-order valence-corrected chi connectivity index (χ0v) is 15.8. The van der Waals surface area contributed by atoms with Crippen LogP contribution in [0.2, 0.25) is 0 Å². The molecule has 0 unspecified atom stereocenters. The number of ether oxygens (including phenoxy) is 1. The van der Waals surface area contributed by atoms with Crippen LogP contribution in [-0.4, -0.2) is 25.2 Å². The normalized spacial score (nSPS) is 11.1. The molecule has 0 saturated heterocycles. The molecule has 1 aromatic heterocycles. The van der Waals surface area contributed by atoms with Crippen LogP contribution in [0.3, 0.4) is 0 Å². The van der Waals surface area contributed by atoms with Gasteiger partial charge in [0.1, 0.15) is 0 Å². The lowest BCUT2D eigenvalue weighted by Gasteiger charge is -2.08. The molecule has 140 valence electrons. The van der Waals surface area contributed by atoms with Crippen LogP contribution in [0.1, 0.15) is 17.5 Å². The van der Waals surface area contributed by atoms with E-state index in [9.17, 15) is 8.42 Å². The highest BCUT2D eigenvalue weighted by Gasteiger charge is 2.15. The predicted molar refractivity (Wildman–Crippen MR) is 104 cm³/mol. The first kappa shape index (κ1) is 18.8. The van der Waals surface area contributed by atoms with E-state index in [1.807, 2.05) is 31.2 Å². The van der Waals surface area contributed by atoms with Crippen LogP contribution < -0.4 is 9.46 Å². The molecule has 2 aromatic carbocycles. The fourth-order valence-electron chi connectivity index (χ4n) is 2.53. The summed E-state index contributed by atoms with van der Waals surface area (Å²) < 4.78 is 32.7. The monoisotopic (exact) mass is 383 g/mol. The number of nitrogens with one attached hydrogen (secondary N) is 1. The van der Waals surface area contributed by atoms with Crippen LogP contribution in [0.15, 0.2) is 71.6 Å². The molecule has 27 heavy (non-hydrogen) atoms. The summed E-state index contributed by atoms with van der Waals surface area (Å²) in [5, 5.41) is 7.80. The number of hydrogen-bond donors (Lipinski definition) is 1. The number of sulfonamides is 1. The molecule has 0 spiro atoms. The first-order valence-electron chi connectivity index (χ1n) is 8.63. The average molecular weight is 383 g/mol. The Kier molecular flexibility index (Phi) is 6.03. The van der Waals surface area contributed by atoms with Crippen molar-refractivity contribution in [3.8, 4) is 5.88 Å². The molecule has 0 amide bonds. The van der Waals surface area contributed by atoms with Crippen LogP contribution in [-0.2, 0) is 16.4 Å². The van der Waals surface area contributed by atoms with E-state index in [-0.39, 0.29) is 10.7 Å². The fraction of sp³-hybridized carbons (Fsp3) is 0.200. The summed E-state index contributed by atoms with van der Waals surface area (Å²) in [5.41, 5.74) is 2.12. The van der Waals surface area contributed by atoms with Crippen LogP contribution in [0.4, 0.5) is 5.82 Å². The first-order valence-corrected chi connectivity index (χ1v) is 10.1. The topological polar surface area (TPSA) is 81.2 Å². The number of aromatic nitrogens is 2. The summed E-state index contributed by atoms with van der Waals surface area (Å²) in [6.07, 6.45) is 1.77. The summed E-state index contributed by atoms with van der Waals surface area (Å²) >= 11 is 0. The Morgan fingerprint density at radius 3 is 2.48 bits per heavy atom. The largest absolute Gasteiger partial charge is 0.477 e. The predicted octanol–water partition coefficient (Wildman–Crippen LogP) is 3.60. The zero-order chi connectivity index (χ0) is 19.1. The Labute approximate surface area is 159 Å². The summed E-state index contributed by atoms with van der Waals surface area (Å²) in [7, 11) is -3.69. The quantitative estimate of drug-likeness (QED) is 0.601. The van der Waals surface area contributed by atoms with Gasteiger partial charge in [-0.3, -0.25) is 4.72 Å². The lowest BCUT2D eigenvalue weighted by molar-refractivity contribution is 0.296. The molecule has 0 aliphatic rings. The second kappa shape index (κ2) is 8.64. The Morgan fingerprint density at radius 2 is 1.78 bits per heavy atom. The third-order valence-electron chi connectivity index (χ3n) is 3.88. The van der Waals surface area contributed by atoms with Gasteiger partial charge in [-0.1, -0.05) is 42.5 Å². The number of benzene rings is 2. The molecule has 0 aliphatic heterocycles. The maximum Gasteiger partial charge on any atom is 0.263 e. The highest BCUT2D eigenvalue weighted by atomic mass is 32.2. The number of aryl methyl sites for hydroxylation is 2. The molecule has 0 saturated carbocycles. The van der Waals surface area contributed by atoms with Gasteiger partial charge in [0.25, 0.3) is 10.0 Å². The van der Waals surface area contributed by atoms with E-state index >= 15 is 0 Å². The zero-order valence-electron chi connectivity index (χ0n) is 15.0. The lowest BCUT2D eigenvalue weighted by atomic mass is 10.1. The van der Waals surface area contributed by atoms with Crippen molar-refractivity contribution in [1.82, 2.24) is 10.2 Å². The van der Waals surface area contributed by atoms with Gasteiger partial charge in [-0.05, 0) is 49.1 Å². The minimum atomic E-state index is -3.69. The maximum atomic E-state index is 12.4. The summed E-state index contributed by atoms with van der Waals surface area (Å²) in [6.45, 7) is 2.35. The van der Waals surface area contributed by atoms with Gasteiger partial charge in [-0.15, -0.1) is 10.2 Å². The molecular formula is C20H21N3O3S. The van der Waals surface area contributed by atoms with E-state index in [1.54, 1.807) is 18.2 Å². The van der Waals surface area contributed by atoms with Crippen LogP contribution >= 0.6 is 0 Å². The molecule has 1 heterocycles. The third-order valence-corrected chi connectivity index (χ3v) is 5.23. The Hall–Kier alpha value is -2.93. The minimum Gasteiger partial charge on any atom is -0.477 e. The van der Waals surface area contributed by atoms with E-state index in [0.29, 0.717) is 12.5 Å². The average Bonchev–Trinajstić information content (AvgIpc) is 2.67. The Bertz CT molecular complexity index is 975. The van der Waals surface area contributed by atoms with E-state index < -0.39 is 10.0 Å². The van der Waals surface area contributed by atoms with Crippen LogP contribution in [0, 0.1) is 6.92 Å². The van der Waals surface area contributed by atoms with Gasteiger partial charge in [-0.2, -0.15) is 0 Å². The number of hydrogen-bond acceptors (Lipinski definition) is 5. The molecule has 3 aromatic rings. The number of anilines is 1. The maximum absolute atomic E-state index is 12.4. The second-order valence-electron chi connectivity index (χ2n) is 6.12. The standard InChI is InChI=1S/C20H21N3O3S/c1-16-7-5-11-18(15-16)27(24,25)23-19-12-13-20(22-21-19)26-14-6-10-17-8-3-2-4-9-17/h2-5,7-9,11-13,15H,6,10,14H2,1H3,(H,21,23). The SMILES string of the molecule is Cc1cccc(S(=O)(=O)Nc2ccc(OCCCc3ccccc3)nn2)c1. The van der Waals surface area contributed by atoms with Gasteiger partial charge < -0.3 is 4.74 Å². The molecule has 7 heteroatoms. The van der Waals surface area contributed by atoms with Crippen molar-refractivity contribution in [3.63, 3.8) is 0 Å². The second-order valence-corrected chi connectivity index (χ2v) is 7.80. The number of rotatable bonds is 8. The van der Waals surface area contributed by atoms with Crippen molar-refractivity contribution < 1.29 is 13.2 Å². The summed E-state index contributed by atoms with van der Waals surface area (Å²) in [5.74, 6) is 0.509. The minimum absolute atomic E-state index is 0.146. The lowest BCUT2D eigenvalue weighted by Crippen LogP contribution is -2.14. The van der Waals surface area contributed by atoms with Crippen molar-refractivity contribution in [2.75, 3.05) is 11.3 Å². The fourth-order valence-corrected chi connectivity index (χ4v) is 3.63. The highest BCUT2D eigenvalue weighted by Crippen LogP contribution is 2.16. The third kappa shape index (κ3) is 5.52. The molecular weight excluding hydrogens is 362 g/mol. The molecule has 6 nitrogen and oxygen atoms in total. The van der Waals surface area contributed by atoms with Crippen LogP contribution in [0.25, 0.3) is 0 Å². The van der Waals surface area contributed by atoms with E-state index in [1.165, 1.54) is 17.7 Å². The molecule has 1 N–H and O–H groups in total. The van der Waals surface area contributed by atoms with Crippen molar-refractivity contribution >= 4 is 15.8 Å². The van der Waals surface area contributed by atoms with Gasteiger partial charge in [0.15, 0.2) is 5.82 Å². The van der Waals surface area contributed by atoms with Crippen molar-refractivity contribution in [2.45, 2.75) is 24.7 Å². The highest BCUT2D eigenvalue weighted by molar-refractivity contribution is 7.92. The van der Waals surface area contributed by atoms with Crippen molar-refractivity contribution in [2.24, 2.45) is 0 Å². The van der Waals surface area contributed by atoms with Gasteiger partial charge in [0.05, 0.1) is 11.5 Å².